The normalized spacial score (nSPS) is 13.3. The van der Waals surface area contributed by atoms with Crippen molar-refractivity contribution < 1.29 is 19.0 Å². The quantitative estimate of drug-likeness (QED) is 0.657. The van der Waals surface area contributed by atoms with E-state index in [2.05, 4.69) is 27.0 Å². The van der Waals surface area contributed by atoms with Crippen molar-refractivity contribution in [3.8, 4) is 17.2 Å². The molecule has 1 aliphatic carbocycles. The van der Waals surface area contributed by atoms with Gasteiger partial charge in [-0.05, 0) is 19.8 Å². The Bertz CT molecular complexity index is 795. The van der Waals surface area contributed by atoms with Crippen LogP contribution in [0.15, 0.2) is 17.3 Å². The highest BCUT2D eigenvalue weighted by Gasteiger charge is 2.30. The summed E-state index contributed by atoms with van der Waals surface area (Å²) in [6, 6.07) is 3.40. The van der Waals surface area contributed by atoms with E-state index in [-0.39, 0.29) is 11.7 Å². The Hall–Kier alpha value is -2.42. The number of nitrogens with one attached hydrogen (secondary N) is 1. The van der Waals surface area contributed by atoms with E-state index >= 15 is 0 Å². The second-order valence-corrected chi connectivity index (χ2v) is 7.05. The number of nitrogens with zero attached hydrogens (tertiary/aromatic N) is 3. The molecule has 1 amide bonds. The van der Waals surface area contributed by atoms with Crippen LogP contribution in [0.5, 0.6) is 17.2 Å². The zero-order valence-electron chi connectivity index (χ0n) is 15.9. The first-order valence-corrected chi connectivity index (χ1v) is 9.75. The van der Waals surface area contributed by atoms with Gasteiger partial charge in [-0.15, -0.1) is 10.2 Å². The first-order valence-electron chi connectivity index (χ1n) is 8.77. The minimum atomic E-state index is -0.145. The van der Waals surface area contributed by atoms with Crippen LogP contribution >= 0.6 is 11.8 Å². The van der Waals surface area contributed by atoms with Gasteiger partial charge in [0.25, 0.3) is 0 Å². The molecule has 0 unspecified atom stereocenters. The van der Waals surface area contributed by atoms with Crippen molar-refractivity contribution in [2.75, 3.05) is 32.4 Å². The van der Waals surface area contributed by atoms with Gasteiger partial charge in [0.15, 0.2) is 16.7 Å². The average Bonchev–Trinajstić information content (AvgIpc) is 3.44. The molecule has 0 aliphatic heterocycles. The van der Waals surface area contributed by atoms with Gasteiger partial charge in [0.2, 0.25) is 11.7 Å². The van der Waals surface area contributed by atoms with Gasteiger partial charge in [0.1, 0.15) is 5.82 Å². The molecule has 0 radical (unpaired) electrons. The topological polar surface area (TPSA) is 87.5 Å². The van der Waals surface area contributed by atoms with Crippen LogP contribution in [-0.2, 0) is 11.3 Å². The fourth-order valence-electron chi connectivity index (χ4n) is 2.83. The summed E-state index contributed by atoms with van der Waals surface area (Å²) in [6.07, 6.45) is 2.34. The minimum absolute atomic E-state index is 0.145. The number of hydrogen-bond donors (Lipinski definition) is 1. The number of benzene rings is 1. The van der Waals surface area contributed by atoms with Crippen molar-refractivity contribution in [3.05, 3.63) is 18.0 Å². The van der Waals surface area contributed by atoms with Crippen LogP contribution in [0.2, 0.25) is 0 Å². The Balaban J connectivity index is 1.66. The number of carbonyl (C=O) groups excluding carboxylic acids is 1. The molecule has 1 heterocycles. The molecule has 1 fully saturated rings. The van der Waals surface area contributed by atoms with Crippen LogP contribution in [0, 0.1) is 0 Å². The third kappa shape index (κ3) is 4.29. The van der Waals surface area contributed by atoms with Crippen LogP contribution < -0.4 is 19.5 Å². The fraction of sp³-hybridized carbons (Fsp3) is 0.500. The van der Waals surface area contributed by atoms with Crippen molar-refractivity contribution in [3.63, 3.8) is 0 Å². The van der Waals surface area contributed by atoms with E-state index in [9.17, 15) is 4.79 Å². The molecular formula is C18H24N4O4S. The predicted molar refractivity (Wildman–Crippen MR) is 103 cm³/mol. The second kappa shape index (κ2) is 8.51. The number of amides is 1. The standard InChI is InChI=1S/C18H24N4O4S/c1-5-22-17(11-6-7-11)20-21-18(22)27-10-15(23)19-12-8-13(24-2)16(26-4)14(9-12)25-3/h8-9,11H,5-7,10H2,1-4H3,(H,19,23). The second-order valence-electron chi connectivity index (χ2n) is 6.11. The minimum Gasteiger partial charge on any atom is -0.493 e. The summed E-state index contributed by atoms with van der Waals surface area (Å²) < 4.78 is 18.0. The molecule has 1 aromatic carbocycles. The van der Waals surface area contributed by atoms with E-state index < -0.39 is 0 Å². The Morgan fingerprint density at radius 1 is 1.19 bits per heavy atom. The molecule has 1 aliphatic rings. The number of thioether (sulfide) groups is 1. The van der Waals surface area contributed by atoms with Gasteiger partial charge in [0, 0.05) is 30.3 Å². The number of aromatic nitrogens is 3. The van der Waals surface area contributed by atoms with Crippen LogP contribution in [0.1, 0.15) is 31.5 Å². The Morgan fingerprint density at radius 2 is 1.85 bits per heavy atom. The monoisotopic (exact) mass is 392 g/mol. The lowest BCUT2D eigenvalue weighted by molar-refractivity contribution is -0.113. The highest BCUT2D eigenvalue weighted by atomic mass is 32.2. The van der Waals surface area contributed by atoms with Gasteiger partial charge in [-0.3, -0.25) is 4.79 Å². The molecule has 1 N–H and O–H groups in total. The molecule has 0 spiro atoms. The van der Waals surface area contributed by atoms with Crippen LogP contribution in [0.3, 0.4) is 0 Å². The Morgan fingerprint density at radius 3 is 2.37 bits per heavy atom. The molecule has 0 saturated heterocycles. The summed E-state index contributed by atoms with van der Waals surface area (Å²) in [7, 11) is 4.61. The zero-order chi connectivity index (χ0) is 19.4. The molecule has 0 bridgehead atoms. The maximum Gasteiger partial charge on any atom is 0.234 e. The van der Waals surface area contributed by atoms with E-state index in [1.54, 1.807) is 12.1 Å². The van der Waals surface area contributed by atoms with E-state index in [4.69, 9.17) is 14.2 Å². The van der Waals surface area contributed by atoms with Crippen molar-refractivity contribution >= 4 is 23.4 Å². The van der Waals surface area contributed by atoms with Gasteiger partial charge >= 0.3 is 0 Å². The largest absolute Gasteiger partial charge is 0.493 e. The molecule has 1 aromatic heterocycles. The smallest absolute Gasteiger partial charge is 0.234 e. The van der Waals surface area contributed by atoms with Gasteiger partial charge < -0.3 is 24.1 Å². The number of methoxy groups -OCH3 is 3. The summed E-state index contributed by atoms with van der Waals surface area (Å²) in [5.41, 5.74) is 0.575. The first kappa shape index (κ1) is 19.3. The summed E-state index contributed by atoms with van der Waals surface area (Å²) in [6.45, 7) is 2.87. The molecule has 1 saturated carbocycles. The van der Waals surface area contributed by atoms with Crippen molar-refractivity contribution in [2.24, 2.45) is 0 Å². The van der Waals surface area contributed by atoms with Gasteiger partial charge in [0.05, 0.1) is 27.1 Å². The number of hydrogen-bond acceptors (Lipinski definition) is 7. The predicted octanol–water partition coefficient (Wildman–Crippen LogP) is 2.93. The first-order chi connectivity index (χ1) is 13.1. The average molecular weight is 392 g/mol. The SMILES string of the molecule is CCn1c(SCC(=O)Nc2cc(OC)c(OC)c(OC)c2)nnc1C1CC1. The van der Waals surface area contributed by atoms with Gasteiger partial charge in [-0.1, -0.05) is 11.8 Å². The highest BCUT2D eigenvalue weighted by Crippen LogP contribution is 2.41. The van der Waals surface area contributed by atoms with E-state index in [0.717, 1.165) is 17.5 Å². The summed E-state index contributed by atoms with van der Waals surface area (Å²) in [5, 5.41) is 12.2. The summed E-state index contributed by atoms with van der Waals surface area (Å²) in [4.78, 5) is 12.4. The molecule has 3 rings (SSSR count). The van der Waals surface area contributed by atoms with E-state index in [0.29, 0.717) is 28.9 Å². The number of ether oxygens (including phenoxy) is 3. The molecule has 2 aromatic rings. The lowest BCUT2D eigenvalue weighted by atomic mass is 10.2. The Kier molecular flexibility index (Phi) is 6.10. The maximum atomic E-state index is 12.4. The van der Waals surface area contributed by atoms with Crippen LogP contribution in [0.25, 0.3) is 0 Å². The highest BCUT2D eigenvalue weighted by molar-refractivity contribution is 7.99. The number of carbonyl (C=O) groups is 1. The van der Waals surface area contributed by atoms with Gasteiger partial charge in [-0.2, -0.15) is 0 Å². The van der Waals surface area contributed by atoms with Crippen LogP contribution in [-0.4, -0.2) is 47.8 Å². The van der Waals surface area contributed by atoms with Crippen LogP contribution in [0.4, 0.5) is 5.69 Å². The zero-order valence-corrected chi connectivity index (χ0v) is 16.8. The molecular weight excluding hydrogens is 368 g/mol. The fourth-order valence-corrected chi connectivity index (χ4v) is 3.64. The molecule has 8 nitrogen and oxygen atoms in total. The third-order valence-electron chi connectivity index (χ3n) is 4.29. The lowest BCUT2D eigenvalue weighted by Crippen LogP contribution is -2.15. The number of anilines is 1. The van der Waals surface area contributed by atoms with Crippen molar-refractivity contribution in [1.29, 1.82) is 0 Å². The van der Waals surface area contributed by atoms with Crippen molar-refractivity contribution in [2.45, 2.75) is 37.4 Å². The third-order valence-corrected chi connectivity index (χ3v) is 5.25. The summed E-state index contributed by atoms with van der Waals surface area (Å²) >= 11 is 1.38. The molecule has 146 valence electrons. The van der Waals surface area contributed by atoms with Gasteiger partial charge in [-0.25, -0.2) is 0 Å². The molecule has 9 heteroatoms. The Labute approximate surface area is 162 Å². The molecule has 0 atom stereocenters. The summed E-state index contributed by atoms with van der Waals surface area (Å²) in [5.74, 6) is 3.10. The lowest BCUT2D eigenvalue weighted by Gasteiger charge is -2.14. The van der Waals surface area contributed by atoms with E-state index in [1.807, 2.05) is 0 Å². The van der Waals surface area contributed by atoms with E-state index in [1.165, 1.54) is 45.9 Å². The van der Waals surface area contributed by atoms with Crippen molar-refractivity contribution in [1.82, 2.24) is 14.8 Å². The molecule has 27 heavy (non-hydrogen) atoms. The maximum absolute atomic E-state index is 12.4. The number of rotatable bonds is 9.